The van der Waals surface area contributed by atoms with E-state index in [2.05, 4.69) is 32.7 Å². The Balaban J connectivity index is 1.43. The zero-order chi connectivity index (χ0) is 25.3. The van der Waals surface area contributed by atoms with E-state index in [0.717, 1.165) is 36.2 Å². The van der Waals surface area contributed by atoms with Crippen molar-refractivity contribution in [1.29, 1.82) is 0 Å². The maximum Gasteiger partial charge on any atom is 0.406 e. The van der Waals surface area contributed by atoms with E-state index in [-0.39, 0.29) is 35.9 Å². The van der Waals surface area contributed by atoms with Gasteiger partial charge in [0.2, 0.25) is 0 Å². The van der Waals surface area contributed by atoms with Gasteiger partial charge in [-0.05, 0) is 62.6 Å². The summed E-state index contributed by atoms with van der Waals surface area (Å²) in [6, 6.07) is 10.6. The molecule has 3 aromatic heterocycles. The Morgan fingerprint density at radius 3 is 2.75 bits per heavy atom. The summed E-state index contributed by atoms with van der Waals surface area (Å²) in [7, 11) is 2.08. The molecule has 1 aliphatic heterocycles. The quantitative estimate of drug-likeness (QED) is 0.367. The van der Waals surface area contributed by atoms with E-state index in [1.807, 2.05) is 6.07 Å². The lowest BCUT2D eigenvalue weighted by molar-refractivity contribution is -0.139. The predicted molar refractivity (Wildman–Crippen MR) is 131 cm³/mol. The molecule has 8 nitrogen and oxygen atoms in total. The summed E-state index contributed by atoms with van der Waals surface area (Å²) in [4.78, 5) is 19.2. The molecule has 1 amide bonds. The second-order valence-electron chi connectivity index (χ2n) is 8.87. The van der Waals surface area contributed by atoms with Crippen molar-refractivity contribution in [3.8, 4) is 11.6 Å². The van der Waals surface area contributed by atoms with Crippen LogP contribution in [0.5, 0.6) is 0 Å². The lowest BCUT2D eigenvalue weighted by Gasteiger charge is -2.30. The Bertz CT molecular complexity index is 1340. The largest absolute Gasteiger partial charge is 0.406 e. The number of nitrogens with one attached hydrogen (secondary N) is 2. The highest BCUT2D eigenvalue weighted by Crippen LogP contribution is 2.35. The standard InChI is InChI=1S/C24H25F3N6O2S/c1-32-9-7-15(8-10-32)29-17-4-2-5-18-16(17)12-19(33(18)14-24(25,26)27)23-30-21(31-35-23)13-28-22(34)20-6-3-11-36-20/h2-6,11-12,15,29H,7-10,13-14H2,1H3,(H,28,34). The van der Waals surface area contributed by atoms with Crippen molar-refractivity contribution in [2.75, 3.05) is 25.5 Å². The van der Waals surface area contributed by atoms with Crippen molar-refractivity contribution in [2.45, 2.75) is 38.1 Å². The zero-order valence-corrected chi connectivity index (χ0v) is 20.3. The number of amides is 1. The van der Waals surface area contributed by atoms with Crippen molar-refractivity contribution >= 4 is 33.8 Å². The van der Waals surface area contributed by atoms with Gasteiger partial charge in [-0.2, -0.15) is 18.2 Å². The molecular formula is C24H25F3N6O2S. The van der Waals surface area contributed by atoms with Crippen LogP contribution in [-0.2, 0) is 13.1 Å². The van der Waals surface area contributed by atoms with Crippen LogP contribution in [0.2, 0.25) is 0 Å². The highest BCUT2D eigenvalue weighted by atomic mass is 32.1. The van der Waals surface area contributed by atoms with Crippen LogP contribution >= 0.6 is 11.3 Å². The van der Waals surface area contributed by atoms with Gasteiger partial charge < -0.3 is 24.6 Å². The van der Waals surface area contributed by atoms with Gasteiger partial charge in [-0.1, -0.05) is 17.3 Å². The number of likely N-dealkylation sites (tertiary alicyclic amines) is 1. The number of fused-ring (bicyclic) bond motifs is 1. The van der Waals surface area contributed by atoms with E-state index < -0.39 is 12.7 Å². The Morgan fingerprint density at radius 1 is 1.22 bits per heavy atom. The molecule has 5 rings (SSSR count). The third kappa shape index (κ3) is 5.39. The molecule has 4 aromatic rings. The summed E-state index contributed by atoms with van der Waals surface area (Å²) >= 11 is 1.30. The summed E-state index contributed by atoms with van der Waals surface area (Å²) in [5, 5.41) is 12.5. The number of alkyl halides is 3. The number of hydrogen-bond acceptors (Lipinski definition) is 7. The minimum absolute atomic E-state index is 0.0112. The highest BCUT2D eigenvalue weighted by Gasteiger charge is 2.31. The van der Waals surface area contributed by atoms with E-state index in [4.69, 9.17) is 4.52 Å². The number of carbonyl (C=O) groups excluding carboxylic acids is 1. The van der Waals surface area contributed by atoms with Gasteiger partial charge in [0.1, 0.15) is 12.2 Å². The number of aromatic nitrogens is 3. The van der Waals surface area contributed by atoms with Crippen LogP contribution in [-0.4, -0.2) is 57.9 Å². The van der Waals surface area contributed by atoms with Crippen LogP contribution in [0, 0.1) is 0 Å². The monoisotopic (exact) mass is 518 g/mol. The lowest BCUT2D eigenvalue weighted by Crippen LogP contribution is -2.36. The Morgan fingerprint density at radius 2 is 2.03 bits per heavy atom. The molecule has 0 spiro atoms. The van der Waals surface area contributed by atoms with E-state index in [1.165, 1.54) is 11.3 Å². The van der Waals surface area contributed by atoms with Crippen molar-refractivity contribution in [1.82, 2.24) is 24.9 Å². The SMILES string of the molecule is CN1CCC(Nc2cccc3c2cc(-c2nc(CNC(=O)c4cccs4)no2)n3CC(F)(F)F)CC1. The number of rotatable bonds is 7. The first-order valence-corrected chi connectivity index (χ1v) is 12.4. The molecule has 4 heterocycles. The lowest BCUT2D eigenvalue weighted by atomic mass is 10.0. The fraction of sp³-hybridized carbons (Fsp3) is 0.375. The molecule has 0 unspecified atom stereocenters. The minimum atomic E-state index is -4.45. The molecule has 1 aliphatic rings. The zero-order valence-electron chi connectivity index (χ0n) is 19.5. The second-order valence-corrected chi connectivity index (χ2v) is 9.81. The van der Waals surface area contributed by atoms with Gasteiger partial charge in [0.05, 0.1) is 16.9 Å². The van der Waals surface area contributed by atoms with Crippen LogP contribution in [0.4, 0.5) is 18.9 Å². The smallest absolute Gasteiger partial charge is 0.382 e. The maximum atomic E-state index is 13.5. The first-order valence-electron chi connectivity index (χ1n) is 11.6. The first kappa shape index (κ1) is 24.3. The average Bonchev–Trinajstić information content (AvgIpc) is 3.59. The Hall–Kier alpha value is -3.38. The predicted octanol–water partition coefficient (Wildman–Crippen LogP) is 4.75. The number of nitrogens with zero attached hydrogens (tertiary/aromatic N) is 4. The van der Waals surface area contributed by atoms with Crippen molar-refractivity contribution in [3.05, 3.63) is 52.5 Å². The molecule has 190 valence electrons. The van der Waals surface area contributed by atoms with Gasteiger partial charge in [0.25, 0.3) is 11.8 Å². The molecule has 0 atom stereocenters. The Labute approximate surface area is 209 Å². The van der Waals surface area contributed by atoms with Gasteiger partial charge in [0, 0.05) is 17.1 Å². The summed E-state index contributed by atoms with van der Waals surface area (Å²) in [6.07, 6.45) is -2.55. The van der Waals surface area contributed by atoms with Crippen LogP contribution in [0.3, 0.4) is 0 Å². The van der Waals surface area contributed by atoms with Crippen LogP contribution in [0.1, 0.15) is 28.3 Å². The van der Waals surface area contributed by atoms with Crippen LogP contribution in [0.25, 0.3) is 22.5 Å². The first-order chi connectivity index (χ1) is 17.3. The number of benzene rings is 1. The Kier molecular flexibility index (Phi) is 6.71. The maximum absolute atomic E-state index is 13.5. The van der Waals surface area contributed by atoms with Crippen LogP contribution in [0.15, 0.2) is 46.3 Å². The highest BCUT2D eigenvalue weighted by molar-refractivity contribution is 7.12. The van der Waals surface area contributed by atoms with E-state index >= 15 is 0 Å². The van der Waals surface area contributed by atoms with Gasteiger partial charge in [-0.25, -0.2) is 0 Å². The summed E-state index contributed by atoms with van der Waals surface area (Å²) in [5.41, 5.74) is 1.36. The fourth-order valence-corrected chi connectivity index (χ4v) is 5.03. The van der Waals surface area contributed by atoms with Crippen LogP contribution < -0.4 is 10.6 Å². The number of halogens is 3. The van der Waals surface area contributed by atoms with Gasteiger partial charge in [-0.3, -0.25) is 4.79 Å². The number of carbonyl (C=O) groups is 1. The molecule has 0 saturated carbocycles. The van der Waals surface area contributed by atoms with Gasteiger partial charge in [0.15, 0.2) is 5.82 Å². The van der Waals surface area contributed by atoms with Crippen molar-refractivity contribution in [3.63, 3.8) is 0 Å². The summed E-state index contributed by atoms with van der Waals surface area (Å²) < 4.78 is 47.1. The molecule has 1 fully saturated rings. The second kappa shape index (κ2) is 9.94. The molecule has 1 aromatic carbocycles. The van der Waals surface area contributed by atoms with Gasteiger partial charge >= 0.3 is 6.18 Å². The molecule has 12 heteroatoms. The van der Waals surface area contributed by atoms with E-state index in [1.54, 1.807) is 35.7 Å². The molecule has 0 aliphatic carbocycles. The number of hydrogen-bond donors (Lipinski definition) is 2. The number of anilines is 1. The summed E-state index contributed by atoms with van der Waals surface area (Å²) in [5.74, 6) is -0.156. The van der Waals surface area contributed by atoms with Crippen molar-refractivity contribution < 1.29 is 22.5 Å². The molecular weight excluding hydrogens is 493 g/mol. The topological polar surface area (TPSA) is 88.2 Å². The molecule has 36 heavy (non-hydrogen) atoms. The number of thiophene rings is 1. The average molecular weight is 519 g/mol. The number of piperidine rings is 1. The molecule has 0 radical (unpaired) electrons. The third-order valence-corrected chi connectivity index (χ3v) is 7.07. The fourth-order valence-electron chi connectivity index (χ4n) is 4.39. The van der Waals surface area contributed by atoms with Gasteiger partial charge in [-0.15, -0.1) is 11.3 Å². The molecule has 0 bridgehead atoms. The normalized spacial score (nSPS) is 15.4. The molecule has 2 N–H and O–H groups in total. The summed E-state index contributed by atoms with van der Waals surface area (Å²) in [6.45, 7) is 0.711. The van der Waals surface area contributed by atoms with Crippen molar-refractivity contribution in [2.24, 2.45) is 0 Å². The van der Waals surface area contributed by atoms with E-state index in [9.17, 15) is 18.0 Å². The minimum Gasteiger partial charge on any atom is -0.382 e. The molecule has 1 saturated heterocycles. The third-order valence-electron chi connectivity index (χ3n) is 6.20. The van der Waals surface area contributed by atoms with E-state index in [0.29, 0.717) is 15.8 Å².